The summed E-state index contributed by atoms with van der Waals surface area (Å²) in [4.78, 5) is 77.4. The average Bonchev–Trinajstić information content (AvgIpc) is 3.15. The molecule has 0 aliphatic carbocycles. The molecule has 314 valence electrons. The number of aromatic carboxylic acids is 1. The van der Waals surface area contributed by atoms with Gasteiger partial charge in [0.15, 0.2) is 0 Å². The summed E-state index contributed by atoms with van der Waals surface area (Å²) in [5.41, 5.74) is 1.86. The van der Waals surface area contributed by atoms with Gasteiger partial charge in [-0.05, 0) is 167 Å². The molecule has 0 saturated carbocycles. The summed E-state index contributed by atoms with van der Waals surface area (Å²) < 4.78 is 26.8. The van der Waals surface area contributed by atoms with Crippen LogP contribution in [0.2, 0.25) is 0 Å². The molecule has 0 bridgehead atoms. The molecule has 0 unspecified atom stereocenters. The van der Waals surface area contributed by atoms with E-state index in [0.29, 0.717) is 11.5 Å². The molecule has 0 spiro atoms. The van der Waals surface area contributed by atoms with Gasteiger partial charge in [-0.1, -0.05) is 17.7 Å². The maximum atomic E-state index is 12.2. The number of hydrogen-bond acceptors (Lipinski definition) is 13. The Labute approximate surface area is 377 Å². The molecular weight excluding hydrogens is 1030 g/mol. The molecule has 0 saturated heterocycles. The molecule has 0 fully saturated rings. The van der Waals surface area contributed by atoms with Crippen LogP contribution >= 0.6 is 56.8 Å². The van der Waals surface area contributed by atoms with Crippen molar-refractivity contribution in [2.24, 2.45) is 0 Å². The van der Waals surface area contributed by atoms with Gasteiger partial charge in [-0.2, -0.15) is 0 Å². The van der Waals surface area contributed by atoms with E-state index in [9.17, 15) is 33.6 Å². The zero-order chi connectivity index (χ0) is 45.1. The van der Waals surface area contributed by atoms with Crippen molar-refractivity contribution in [1.29, 1.82) is 0 Å². The molecular formula is C43H37ClI2O14. The van der Waals surface area contributed by atoms with Crippen LogP contribution in [0, 0.1) is 21.0 Å². The van der Waals surface area contributed by atoms with Crippen LogP contribution in [0.4, 0.5) is 0 Å². The Balaban J connectivity index is 0.000000288. The van der Waals surface area contributed by atoms with Crippen molar-refractivity contribution in [2.45, 2.75) is 41.5 Å². The number of carboxylic acid groups (broad SMARTS) is 1. The second-order valence-corrected chi connectivity index (χ2v) is 14.8. The normalized spacial score (nSPS) is 9.68. The van der Waals surface area contributed by atoms with E-state index in [1.54, 1.807) is 55.5 Å². The number of phenolic OH excluding ortho intramolecular Hbond substituents is 1. The second-order valence-electron chi connectivity index (χ2n) is 11.9. The maximum absolute atomic E-state index is 12.2. The van der Waals surface area contributed by atoms with Crippen LogP contribution in [0.3, 0.4) is 0 Å². The van der Waals surface area contributed by atoms with Gasteiger partial charge in [0.05, 0.1) is 5.56 Å². The lowest BCUT2D eigenvalue weighted by Crippen LogP contribution is -2.13. The molecule has 0 amide bonds. The molecule has 0 heterocycles. The number of esters is 5. The summed E-state index contributed by atoms with van der Waals surface area (Å²) >= 11 is 9.68. The van der Waals surface area contributed by atoms with Crippen molar-refractivity contribution >= 4 is 97.8 Å². The van der Waals surface area contributed by atoms with Crippen molar-refractivity contribution in [3.8, 4) is 34.5 Å². The minimum atomic E-state index is -1.11. The maximum Gasteiger partial charge on any atom is 0.347 e. The molecule has 60 heavy (non-hydrogen) atoms. The van der Waals surface area contributed by atoms with E-state index in [-0.39, 0.29) is 39.7 Å². The first kappa shape index (κ1) is 50.3. The van der Waals surface area contributed by atoms with E-state index < -0.39 is 41.1 Å². The minimum absolute atomic E-state index is 0.000185. The predicted octanol–water partition coefficient (Wildman–Crippen LogP) is 9.28. The van der Waals surface area contributed by atoms with Crippen LogP contribution in [0.25, 0.3) is 0 Å². The number of carbonyl (C=O) groups excluding carboxylic acids is 6. The predicted molar refractivity (Wildman–Crippen MR) is 236 cm³/mol. The summed E-state index contributed by atoms with van der Waals surface area (Å²) in [6.07, 6.45) is 0. The minimum Gasteiger partial charge on any atom is -0.508 e. The standard InChI is InChI=1S/C16H13IO4.C11H9ClO5.C10H10O4.C6H5IO/c1-10-3-8-15(20-11(2)18)14(9-10)16(19)21-13-6-4-12(17)5-7-13;1-6(13)16-8-3-4-10(17-7(2)14)9(5-8)11(12)15;1-6-3-4-9(14-7(2)11)8(5-6)10(12)13;7-5-1-3-6(8)4-2-5/h3-9H,1-2H3;3-5H,1-2H3;3-5H,1-2H3,(H,12,13);1-4,8H. The Kier molecular flexibility index (Phi) is 20.9. The van der Waals surface area contributed by atoms with Crippen LogP contribution < -0.4 is 23.7 Å². The highest BCUT2D eigenvalue weighted by Gasteiger charge is 2.18. The van der Waals surface area contributed by atoms with E-state index in [2.05, 4.69) is 45.2 Å². The quantitative estimate of drug-likeness (QED) is 0.0643. The molecule has 14 nitrogen and oxygen atoms in total. The Bertz CT molecular complexity index is 2320. The fraction of sp³-hybridized carbons (Fsp3) is 0.140. The number of ether oxygens (including phenoxy) is 5. The van der Waals surface area contributed by atoms with E-state index in [4.69, 9.17) is 45.5 Å². The molecule has 5 aromatic carbocycles. The van der Waals surface area contributed by atoms with Gasteiger partial charge < -0.3 is 33.9 Å². The van der Waals surface area contributed by atoms with E-state index in [1.807, 2.05) is 31.2 Å². The number of hydrogen-bond donors (Lipinski definition) is 2. The molecule has 0 aliphatic rings. The average molecular weight is 1070 g/mol. The fourth-order valence-corrected chi connectivity index (χ4v) is 5.21. The van der Waals surface area contributed by atoms with Crippen LogP contribution in [0.15, 0.2) is 103 Å². The Morgan fingerprint density at radius 1 is 0.483 bits per heavy atom. The number of benzene rings is 5. The Hall–Kier alpha value is -5.86. The molecule has 0 aromatic heterocycles. The van der Waals surface area contributed by atoms with Gasteiger partial charge in [0, 0.05) is 34.8 Å². The smallest absolute Gasteiger partial charge is 0.347 e. The van der Waals surface area contributed by atoms with Gasteiger partial charge in [-0.15, -0.1) is 0 Å². The molecule has 0 radical (unpaired) electrons. The third kappa shape index (κ3) is 18.8. The van der Waals surface area contributed by atoms with Crippen LogP contribution in [0.1, 0.15) is 69.9 Å². The van der Waals surface area contributed by atoms with Crippen LogP contribution in [0.5, 0.6) is 34.5 Å². The largest absolute Gasteiger partial charge is 0.508 e. The molecule has 5 aromatic rings. The lowest BCUT2D eigenvalue weighted by Gasteiger charge is -2.10. The van der Waals surface area contributed by atoms with Crippen LogP contribution in [-0.2, 0) is 19.2 Å². The number of rotatable bonds is 8. The van der Waals surface area contributed by atoms with Crippen molar-refractivity contribution in [1.82, 2.24) is 0 Å². The van der Waals surface area contributed by atoms with E-state index in [0.717, 1.165) is 18.3 Å². The summed E-state index contributed by atoms with van der Waals surface area (Å²) in [5, 5.41) is 16.8. The van der Waals surface area contributed by atoms with Gasteiger partial charge in [0.2, 0.25) is 0 Å². The highest BCUT2D eigenvalue weighted by atomic mass is 127. The third-order valence-electron chi connectivity index (χ3n) is 6.76. The van der Waals surface area contributed by atoms with Gasteiger partial charge >= 0.3 is 35.8 Å². The molecule has 17 heteroatoms. The fourth-order valence-electron chi connectivity index (χ4n) is 4.34. The SMILES string of the molecule is CC(=O)Oc1ccc(C)cc1C(=O)O.CC(=O)Oc1ccc(C)cc1C(=O)Oc1ccc(I)cc1.CC(=O)Oc1ccc(OC(C)=O)c(C(=O)Cl)c1.Oc1ccc(I)cc1. The Morgan fingerprint density at radius 3 is 1.28 bits per heavy atom. The lowest BCUT2D eigenvalue weighted by molar-refractivity contribution is -0.133. The number of carbonyl (C=O) groups is 7. The molecule has 5 rings (SSSR count). The molecule has 0 atom stereocenters. The van der Waals surface area contributed by atoms with E-state index in [1.165, 1.54) is 58.0 Å². The van der Waals surface area contributed by atoms with Gasteiger partial charge in [-0.3, -0.25) is 24.0 Å². The third-order valence-corrected chi connectivity index (χ3v) is 8.40. The first-order valence-corrected chi connectivity index (χ1v) is 19.6. The second kappa shape index (κ2) is 24.9. The van der Waals surface area contributed by atoms with Gasteiger partial charge in [0.25, 0.3) is 5.24 Å². The topological polar surface area (TPSA) is 206 Å². The van der Waals surface area contributed by atoms with Crippen molar-refractivity contribution in [2.75, 3.05) is 0 Å². The zero-order valence-corrected chi connectivity index (χ0v) is 37.8. The highest BCUT2D eigenvalue weighted by Crippen LogP contribution is 2.27. The number of phenols is 1. The zero-order valence-electron chi connectivity index (χ0n) is 32.7. The van der Waals surface area contributed by atoms with Gasteiger partial charge in [-0.25, -0.2) is 9.59 Å². The summed E-state index contributed by atoms with van der Waals surface area (Å²) in [5.74, 6) is -2.58. The Morgan fingerprint density at radius 2 is 0.867 bits per heavy atom. The number of carboxylic acids is 1. The van der Waals surface area contributed by atoms with Gasteiger partial charge in [0.1, 0.15) is 45.6 Å². The highest BCUT2D eigenvalue weighted by molar-refractivity contribution is 14.1. The monoisotopic (exact) mass is 1070 g/mol. The number of halogens is 3. The first-order valence-electron chi connectivity index (χ1n) is 17.1. The first-order chi connectivity index (χ1) is 28.1. The van der Waals surface area contributed by atoms with Crippen molar-refractivity contribution in [3.05, 3.63) is 138 Å². The number of aryl methyl sites for hydroxylation is 2. The van der Waals surface area contributed by atoms with Crippen molar-refractivity contribution in [3.63, 3.8) is 0 Å². The van der Waals surface area contributed by atoms with Crippen LogP contribution in [-0.4, -0.2) is 51.3 Å². The molecule has 0 aliphatic heterocycles. The summed E-state index contributed by atoms with van der Waals surface area (Å²) in [6.45, 7) is 8.55. The molecule has 2 N–H and O–H groups in total. The summed E-state index contributed by atoms with van der Waals surface area (Å²) in [6, 6.07) is 27.7. The summed E-state index contributed by atoms with van der Waals surface area (Å²) in [7, 11) is 0. The van der Waals surface area contributed by atoms with E-state index >= 15 is 0 Å². The van der Waals surface area contributed by atoms with Crippen molar-refractivity contribution < 1.29 is 67.5 Å². The lowest BCUT2D eigenvalue weighted by atomic mass is 10.1. The number of aromatic hydroxyl groups is 1.